The number of nitrogens with one attached hydrogen (secondary N) is 1. The van der Waals surface area contributed by atoms with Crippen molar-refractivity contribution in [1.82, 2.24) is 0 Å². The van der Waals surface area contributed by atoms with Gasteiger partial charge in [0.05, 0.1) is 22.9 Å². The van der Waals surface area contributed by atoms with Crippen LogP contribution in [-0.2, 0) is 6.18 Å². The number of alkyl halides is 3. The van der Waals surface area contributed by atoms with E-state index in [4.69, 9.17) is 11.6 Å². The number of hydrogen-bond acceptors (Lipinski definition) is 2. The summed E-state index contributed by atoms with van der Waals surface area (Å²) in [4.78, 5) is 0. The zero-order valence-corrected chi connectivity index (χ0v) is 12.4. The van der Waals surface area contributed by atoms with E-state index >= 15 is 0 Å². The molecule has 0 saturated heterocycles. The maximum absolute atomic E-state index is 12.6. The van der Waals surface area contributed by atoms with Crippen molar-refractivity contribution >= 4 is 17.3 Å². The minimum Gasteiger partial charge on any atom is -0.396 e. The Morgan fingerprint density at radius 3 is 2.38 bits per heavy atom. The molecule has 1 aliphatic carbocycles. The summed E-state index contributed by atoms with van der Waals surface area (Å²) < 4.78 is 37.7. The predicted octanol–water partition coefficient (Wildman–Crippen LogP) is 4.71. The highest BCUT2D eigenvalue weighted by Gasteiger charge is 2.32. The summed E-state index contributed by atoms with van der Waals surface area (Å²) in [7, 11) is 0. The van der Waals surface area contributed by atoms with Crippen molar-refractivity contribution in [3.63, 3.8) is 0 Å². The van der Waals surface area contributed by atoms with E-state index < -0.39 is 11.7 Å². The third kappa shape index (κ3) is 4.04. The molecule has 2 N–H and O–H groups in total. The number of hydrogen-bond donors (Lipinski definition) is 2. The molecule has 0 aromatic heterocycles. The van der Waals surface area contributed by atoms with Gasteiger partial charge in [-0.25, -0.2) is 0 Å². The minimum absolute atomic E-state index is 0.0497. The summed E-state index contributed by atoms with van der Waals surface area (Å²) in [5.41, 5.74) is -0.472. The molecule has 21 heavy (non-hydrogen) atoms. The molecule has 118 valence electrons. The van der Waals surface area contributed by atoms with Gasteiger partial charge < -0.3 is 10.4 Å². The summed E-state index contributed by atoms with van der Waals surface area (Å²) in [6.45, 7) is 0.604. The van der Waals surface area contributed by atoms with Gasteiger partial charge in [0.15, 0.2) is 0 Å². The molecule has 0 bridgehead atoms. The van der Waals surface area contributed by atoms with Crippen LogP contribution in [0.3, 0.4) is 0 Å². The molecular weight excluding hydrogens is 303 g/mol. The van der Waals surface area contributed by atoms with Gasteiger partial charge in [0.25, 0.3) is 0 Å². The molecule has 0 unspecified atom stereocenters. The highest BCUT2D eigenvalue weighted by atomic mass is 35.5. The quantitative estimate of drug-likeness (QED) is 0.841. The minimum atomic E-state index is -4.39. The highest BCUT2D eigenvalue weighted by Crippen LogP contribution is 2.37. The van der Waals surface area contributed by atoms with Gasteiger partial charge in [-0.3, -0.25) is 0 Å². The molecule has 0 aliphatic heterocycles. The molecule has 0 amide bonds. The normalized spacial score (nSPS) is 18.5. The van der Waals surface area contributed by atoms with E-state index in [1.807, 2.05) is 0 Å². The summed E-state index contributed by atoms with van der Waals surface area (Å²) in [6.07, 6.45) is 0.774. The van der Waals surface area contributed by atoms with Crippen LogP contribution in [0.15, 0.2) is 18.2 Å². The molecule has 0 atom stereocenters. The number of benzene rings is 1. The van der Waals surface area contributed by atoms with Crippen LogP contribution in [0.5, 0.6) is 0 Å². The number of anilines is 1. The first-order valence-corrected chi connectivity index (χ1v) is 7.46. The van der Waals surface area contributed by atoms with Crippen molar-refractivity contribution in [2.45, 2.75) is 38.3 Å². The number of aliphatic hydroxyl groups excluding tert-OH is 1. The van der Waals surface area contributed by atoms with Crippen LogP contribution in [0.2, 0.25) is 5.02 Å². The van der Waals surface area contributed by atoms with Crippen molar-refractivity contribution in [1.29, 1.82) is 0 Å². The largest absolute Gasteiger partial charge is 0.416 e. The molecule has 2 rings (SSSR count). The van der Waals surface area contributed by atoms with E-state index in [-0.39, 0.29) is 17.0 Å². The molecule has 1 aromatic carbocycles. The van der Waals surface area contributed by atoms with E-state index in [2.05, 4.69) is 5.32 Å². The van der Waals surface area contributed by atoms with Gasteiger partial charge >= 0.3 is 6.18 Å². The number of aliphatic hydroxyl groups is 1. The van der Waals surface area contributed by atoms with Gasteiger partial charge in [0, 0.05) is 12.0 Å². The van der Waals surface area contributed by atoms with E-state index in [0.717, 1.165) is 37.8 Å². The van der Waals surface area contributed by atoms with Gasteiger partial charge in [-0.05, 0) is 31.0 Å². The molecule has 6 heteroatoms. The van der Waals surface area contributed by atoms with E-state index in [1.165, 1.54) is 12.5 Å². The monoisotopic (exact) mass is 321 g/mol. The Labute approximate surface area is 127 Å². The molecule has 1 aliphatic rings. The lowest BCUT2D eigenvalue weighted by Crippen LogP contribution is -2.35. The molecule has 0 spiro atoms. The van der Waals surface area contributed by atoms with Crippen LogP contribution in [0.1, 0.15) is 37.7 Å². The van der Waals surface area contributed by atoms with Crippen LogP contribution in [0.4, 0.5) is 18.9 Å². The fourth-order valence-electron chi connectivity index (χ4n) is 2.81. The SMILES string of the molecule is OCC1(CNc2ccc(C(F)(F)F)cc2Cl)CCCCC1. The maximum atomic E-state index is 12.6. The van der Waals surface area contributed by atoms with Crippen LogP contribution < -0.4 is 5.32 Å². The third-order valence-corrected chi connectivity index (χ3v) is 4.51. The fraction of sp³-hybridized carbons (Fsp3) is 0.600. The Morgan fingerprint density at radius 1 is 1.19 bits per heavy atom. The molecular formula is C15H19ClF3NO. The van der Waals surface area contributed by atoms with Crippen molar-refractivity contribution in [3.05, 3.63) is 28.8 Å². The van der Waals surface area contributed by atoms with Crippen molar-refractivity contribution in [2.75, 3.05) is 18.5 Å². The van der Waals surface area contributed by atoms with Gasteiger partial charge in [0.2, 0.25) is 0 Å². The van der Waals surface area contributed by atoms with Gasteiger partial charge in [-0.15, -0.1) is 0 Å². The van der Waals surface area contributed by atoms with Crippen molar-refractivity contribution < 1.29 is 18.3 Å². The third-order valence-electron chi connectivity index (χ3n) is 4.20. The fourth-order valence-corrected chi connectivity index (χ4v) is 3.06. The van der Waals surface area contributed by atoms with Crippen LogP contribution >= 0.6 is 11.6 Å². The Hall–Kier alpha value is -0.940. The van der Waals surface area contributed by atoms with Crippen molar-refractivity contribution in [2.24, 2.45) is 5.41 Å². The molecule has 0 radical (unpaired) electrons. The highest BCUT2D eigenvalue weighted by molar-refractivity contribution is 6.33. The first kappa shape index (κ1) is 16.4. The lowest BCUT2D eigenvalue weighted by atomic mass is 9.74. The Bertz CT molecular complexity index is 484. The molecule has 1 aromatic rings. The van der Waals surface area contributed by atoms with Gasteiger partial charge in [-0.1, -0.05) is 30.9 Å². The second-order valence-corrected chi connectivity index (χ2v) is 6.17. The zero-order valence-electron chi connectivity index (χ0n) is 11.6. The average molecular weight is 322 g/mol. The molecule has 1 fully saturated rings. The van der Waals surface area contributed by atoms with Gasteiger partial charge in [0.1, 0.15) is 0 Å². The molecule has 0 heterocycles. The van der Waals surface area contributed by atoms with Crippen LogP contribution in [0.25, 0.3) is 0 Å². The van der Waals surface area contributed by atoms with E-state index in [0.29, 0.717) is 12.2 Å². The van der Waals surface area contributed by atoms with Crippen LogP contribution in [0, 0.1) is 5.41 Å². The first-order chi connectivity index (χ1) is 9.86. The van der Waals surface area contributed by atoms with E-state index in [1.54, 1.807) is 0 Å². The summed E-state index contributed by atoms with van der Waals surface area (Å²) in [5.74, 6) is 0. The van der Waals surface area contributed by atoms with E-state index in [9.17, 15) is 18.3 Å². The summed E-state index contributed by atoms with van der Waals surface area (Å²) in [6, 6.07) is 3.29. The Balaban J connectivity index is 2.06. The second-order valence-electron chi connectivity index (χ2n) is 5.76. The van der Waals surface area contributed by atoms with Crippen LogP contribution in [-0.4, -0.2) is 18.3 Å². The summed E-state index contributed by atoms with van der Waals surface area (Å²) in [5, 5.41) is 12.8. The second kappa shape index (κ2) is 6.44. The lowest BCUT2D eigenvalue weighted by molar-refractivity contribution is -0.137. The molecule has 2 nitrogen and oxygen atoms in total. The average Bonchev–Trinajstić information content (AvgIpc) is 2.46. The topological polar surface area (TPSA) is 32.3 Å². The zero-order chi connectivity index (χ0) is 15.5. The molecule has 1 saturated carbocycles. The first-order valence-electron chi connectivity index (χ1n) is 7.08. The number of rotatable bonds is 4. The predicted molar refractivity (Wildman–Crippen MR) is 77.5 cm³/mol. The van der Waals surface area contributed by atoms with Crippen molar-refractivity contribution in [3.8, 4) is 0 Å². The Kier molecular flexibility index (Phi) is 5.04. The lowest BCUT2D eigenvalue weighted by Gasteiger charge is -2.36. The number of halogens is 4. The smallest absolute Gasteiger partial charge is 0.396 e. The Morgan fingerprint density at radius 2 is 1.86 bits per heavy atom. The standard InChI is InChI=1S/C15H19ClF3NO/c16-12-8-11(15(17,18)19)4-5-13(12)20-9-14(10-21)6-2-1-3-7-14/h4-5,8,20-21H,1-3,6-7,9-10H2. The maximum Gasteiger partial charge on any atom is 0.416 e. The summed E-state index contributed by atoms with van der Waals surface area (Å²) >= 11 is 5.92. The van der Waals surface area contributed by atoms with Gasteiger partial charge in [-0.2, -0.15) is 13.2 Å².